The lowest BCUT2D eigenvalue weighted by Gasteiger charge is -2.25. The van der Waals surface area contributed by atoms with Crippen molar-refractivity contribution in [1.82, 2.24) is 10.2 Å². The van der Waals surface area contributed by atoms with Gasteiger partial charge >= 0.3 is 6.09 Å². The molecule has 1 aliphatic heterocycles. The average molecular weight is 272 g/mol. The van der Waals surface area contributed by atoms with Crippen LogP contribution in [-0.4, -0.2) is 54.0 Å². The zero-order chi connectivity index (χ0) is 14.3. The van der Waals surface area contributed by atoms with E-state index in [0.29, 0.717) is 12.6 Å². The second kappa shape index (κ2) is 7.70. The largest absolute Gasteiger partial charge is 0.444 e. The molecule has 1 fully saturated rings. The third-order valence-corrected chi connectivity index (χ3v) is 3.26. The number of nitrogens with one attached hydrogen (secondary N) is 1. The predicted molar refractivity (Wildman–Crippen MR) is 75.2 cm³/mol. The molecule has 1 atom stereocenters. The van der Waals surface area contributed by atoms with Crippen LogP contribution in [0.1, 0.15) is 46.5 Å². The summed E-state index contributed by atoms with van der Waals surface area (Å²) in [7, 11) is 0. The van der Waals surface area contributed by atoms with Gasteiger partial charge in [0.25, 0.3) is 0 Å². The Hall–Kier alpha value is -0.810. The molecular weight excluding hydrogens is 244 g/mol. The summed E-state index contributed by atoms with van der Waals surface area (Å²) in [4.78, 5) is 13.9. The maximum atomic E-state index is 11.5. The van der Waals surface area contributed by atoms with Gasteiger partial charge in [0.05, 0.1) is 0 Å². The summed E-state index contributed by atoms with van der Waals surface area (Å²) < 4.78 is 5.19. The number of aliphatic hydroxyl groups excluding tert-OH is 1. The van der Waals surface area contributed by atoms with Crippen molar-refractivity contribution in [2.75, 3.05) is 26.2 Å². The van der Waals surface area contributed by atoms with E-state index in [0.717, 1.165) is 25.9 Å². The highest BCUT2D eigenvalue weighted by Gasteiger charge is 2.23. The lowest BCUT2D eigenvalue weighted by molar-refractivity contribution is 0.0520. The van der Waals surface area contributed by atoms with E-state index in [1.807, 2.05) is 20.8 Å². The minimum absolute atomic E-state index is 0.264. The normalized spacial score (nSPS) is 20.5. The van der Waals surface area contributed by atoms with Crippen molar-refractivity contribution in [2.24, 2.45) is 0 Å². The summed E-state index contributed by atoms with van der Waals surface area (Å²) in [5, 5.41) is 11.7. The number of alkyl carbamates (subject to hydrolysis) is 1. The highest BCUT2D eigenvalue weighted by atomic mass is 16.6. The Morgan fingerprint density at radius 1 is 1.47 bits per heavy atom. The van der Waals surface area contributed by atoms with Crippen molar-refractivity contribution in [3.05, 3.63) is 0 Å². The number of rotatable bonds is 6. The number of carbonyl (C=O) groups excluding carboxylic acids is 1. The molecule has 1 amide bonds. The minimum Gasteiger partial charge on any atom is -0.444 e. The van der Waals surface area contributed by atoms with Gasteiger partial charge in [-0.2, -0.15) is 0 Å². The van der Waals surface area contributed by atoms with E-state index in [4.69, 9.17) is 9.84 Å². The molecule has 1 aliphatic rings. The fourth-order valence-electron chi connectivity index (χ4n) is 2.46. The van der Waals surface area contributed by atoms with Crippen LogP contribution in [0.15, 0.2) is 0 Å². The number of aliphatic hydroxyl groups is 1. The summed E-state index contributed by atoms with van der Waals surface area (Å²) in [5.74, 6) is 0. The maximum absolute atomic E-state index is 11.5. The molecule has 1 unspecified atom stereocenters. The first kappa shape index (κ1) is 16.2. The van der Waals surface area contributed by atoms with Crippen molar-refractivity contribution < 1.29 is 14.6 Å². The van der Waals surface area contributed by atoms with Gasteiger partial charge in [0.1, 0.15) is 5.60 Å². The highest BCUT2D eigenvalue weighted by Crippen LogP contribution is 2.20. The molecule has 0 saturated carbocycles. The van der Waals surface area contributed by atoms with Crippen LogP contribution in [0.5, 0.6) is 0 Å². The van der Waals surface area contributed by atoms with E-state index in [1.54, 1.807) is 0 Å². The number of carbonyl (C=O) groups is 1. The van der Waals surface area contributed by atoms with E-state index < -0.39 is 5.60 Å². The van der Waals surface area contributed by atoms with E-state index in [-0.39, 0.29) is 12.7 Å². The SMILES string of the molecule is CC(C)(C)OC(=O)NCCN1CCCC1CCCO. The maximum Gasteiger partial charge on any atom is 0.407 e. The van der Waals surface area contributed by atoms with Gasteiger partial charge in [0, 0.05) is 25.7 Å². The van der Waals surface area contributed by atoms with Gasteiger partial charge in [0.2, 0.25) is 0 Å². The molecule has 0 radical (unpaired) electrons. The first-order valence-electron chi connectivity index (χ1n) is 7.24. The lowest BCUT2D eigenvalue weighted by atomic mass is 10.1. The van der Waals surface area contributed by atoms with Crippen LogP contribution in [0.25, 0.3) is 0 Å². The molecule has 1 rings (SSSR count). The Labute approximate surface area is 116 Å². The Morgan fingerprint density at radius 2 is 2.21 bits per heavy atom. The second-order valence-electron chi connectivity index (χ2n) is 6.13. The molecule has 1 saturated heterocycles. The molecule has 0 bridgehead atoms. The molecule has 2 N–H and O–H groups in total. The highest BCUT2D eigenvalue weighted by molar-refractivity contribution is 5.67. The third-order valence-electron chi connectivity index (χ3n) is 3.26. The van der Waals surface area contributed by atoms with Crippen molar-refractivity contribution in [1.29, 1.82) is 0 Å². The van der Waals surface area contributed by atoms with Crippen LogP contribution in [0.4, 0.5) is 4.79 Å². The third kappa shape index (κ3) is 6.78. The Kier molecular flexibility index (Phi) is 6.58. The summed E-state index contributed by atoms with van der Waals surface area (Å²) in [5.41, 5.74) is -0.443. The number of hydrogen-bond donors (Lipinski definition) is 2. The average Bonchev–Trinajstić information content (AvgIpc) is 2.71. The zero-order valence-electron chi connectivity index (χ0n) is 12.4. The van der Waals surface area contributed by atoms with Crippen LogP contribution in [0, 0.1) is 0 Å². The molecule has 0 aromatic rings. The topological polar surface area (TPSA) is 61.8 Å². The van der Waals surface area contributed by atoms with Crippen molar-refractivity contribution in [2.45, 2.75) is 58.1 Å². The van der Waals surface area contributed by atoms with Gasteiger partial charge in [-0.25, -0.2) is 4.79 Å². The van der Waals surface area contributed by atoms with Gasteiger partial charge in [-0.1, -0.05) is 0 Å². The lowest BCUT2D eigenvalue weighted by Crippen LogP contribution is -2.39. The van der Waals surface area contributed by atoms with Crippen LogP contribution in [-0.2, 0) is 4.74 Å². The molecule has 112 valence electrons. The van der Waals surface area contributed by atoms with Gasteiger partial charge in [-0.05, 0) is 53.0 Å². The van der Waals surface area contributed by atoms with Gasteiger partial charge < -0.3 is 15.2 Å². The number of nitrogens with zero attached hydrogens (tertiary/aromatic N) is 1. The molecule has 0 aromatic heterocycles. The first-order valence-corrected chi connectivity index (χ1v) is 7.24. The Morgan fingerprint density at radius 3 is 2.84 bits per heavy atom. The smallest absolute Gasteiger partial charge is 0.407 e. The van der Waals surface area contributed by atoms with Crippen LogP contribution in [0.3, 0.4) is 0 Å². The monoisotopic (exact) mass is 272 g/mol. The van der Waals surface area contributed by atoms with Crippen LogP contribution >= 0.6 is 0 Å². The molecular formula is C14H28N2O3. The summed E-state index contributed by atoms with van der Waals surface area (Å²) >= 11 is 0. The number of ether oxygens (including phenoxy) is 1. The molecule has 19 heavy (non-hydrogen) atoms. The van der Waals surface area contributed by atoms with Crippen molar-refractivity contribution in [3.8, 4) is 0 Å². The summed E-state index contributed by atoms with van der Waals surface area (Å²) in [6.07, 6.45) is 3.97. The number of amides is 1. The molecule has 5 nitrogen and oxygen atoms in total. The zero-order valence-corrected chi connectivity index (χ0v) is 12.4. The van der Waals surface area contributed by atoms with Gasteiger partial charge in [0.15, 0.2) is 0 Å². The fraction of sp³-hybridized carbons (Fsp3) is 0.929. The van der Waals surface area contributed by atoms with Crippen LogP contribution < -0.4 is 5.32 Å². The van der Waals surface area contributed by atoms with E-state index in [2.05, 4.69) is 10.2 Å². The standard InChI is InChI=1S/C14H28N2O3/c1-14(2,3)19-13(18)15-8-10-16-9-4-6-12(16)7-5-11-17/h12,17H,4-11H2,1-3H3,(H,15,18). The molecule has 0 spiro atoms. The molecule has 5 heteroatoms. The van der Waals surface area contributed by atoms with E-state index >= 15 is 0 Å². The summed E-state index contributed by atoms with van der Waals surface area (Å²) in [6.45, 7) is 8.40. The van der Waals surface area contributed by atoms with E-state index in [9.17, 15) is 4.79 Å². The Balaban J connectivity index is 2.19. The molecule has 0 aliphatic carbocycles. The fourth-order valence-corrected chi connectivity index (χ4v) is 2.46. The second-order valence-corrected chi connectivity index (χ2v) is 6.13. The van der Waals surface area contributed by atoms with Gasteiger partial charge in [-0.3, -0.25) is 4.90 Å². The molecule has 1 heterocycles. The minimum atomic E-state index is -0.443. The summed E-state index contributed by atoms with van der Waals surface area (Å²) in [6, 6.07) is 0.563. The van der Waals surface area contributed by atoms with Crippen molar-refractivity contribution >= 4 is 6.09 Å². The molecule has 0 aromatic carbocycles. The number of likely N-dealkylation sites (tertiary alicyclic amines) is 1. The van der Waals surface area contributed by atoms with Crippen molar-refractivity contribution in [3.63, 3.8) is 0 Å². The van der Waals surface area contributed by atoms with Crippen LogP contribution in [0.2, 0.25) is 0 Å². The number of hydrogen-bond acceptors (Lipinski definition) is 4. The van der Waals surface area contributed by atoms with Gasteiger partial charge in [-0.15, -0.1) is 0 Å². The first-order chi connectivity index (χ1) is 8.92. The quantitative estimate of drug-likeness (QED) is 0.773. The van der Waals surface area contributed by atoms with E-state index in [1.165, 1.54) is 12.8 Å². The predicted octanol–water partition coefficient (Wildman–Crippen LogP) is 1.75. The Bertz CT molecular complexity index is 276.